The molecule has 1 aliphatic rings. The average molecular weight is 291 g/mol. The Hall–Kier alpha value is -1.91. The van der Waals surface area contributed by atoms with Gasteiger partial charge < -0.3 is 20.1 Å². The standard InChI is InChI=1S/C16H25N3O2/c1-4-13-6-8-18-16(19-13)17-7-5-12-9-14(20-2)11-15(10-12)21-3/h9-11,13H,4-8H2,1-3H3,(H2,17,18,19). The Balaban J connectivity index is 1.87. The van der Waals surface area contributed by atoms with Crippen molar-refractivity contribution in [3.8, 4) is 11.5 Å². The number of hydrogen-bond acceptors (Lipinski definition) is 5. The van der Waals surface area contributed by atoms with E-state index in [1.54, 1.807) is 14.2 Å². The minimum Gasteiger partial charge on any atom is -0.497 e. The summed E-state index contributed by atoms with van der Waals surface area (Å²) in [6.45, 7) is 3.93. The maximum Gasteiger partial charge on any atom is 0.191 e. The molecule has 2 N–H and O–H groups in total. The lowest BCUT2D eigenvalue weighted by atomic mass is 10.1. The fraction of sp³-hybridized carbons (Fsp3) is 0.562. The molecule has 0 aliphatic carbocycles. The minimum atomic E-state index is 0.543. The summed E-state index contributed by atoms with van der Waals surface area (Å²) in [5, 5.41) is 6.79. The topological polar surface area (TPSA) is 54.9 Å². The Morgan fingerprint density at radius 2 is 1.95 bits per heavy atom. The third kappa shape index (κ3) is 4.55. The Bertz CT molecular complexity index is 466. The zero-order chi connectivity index (χ0) is 15.1. The summed E-state index contributed by atoms with van der Waals surface area (Å²) in [4.78, 5) is 4.47. The number of nitrogens with one attached hydrogen (secondary N) is 2. The van der Waals surface area contributed by atoms with Crippen molar-refractivity contribution in [3.05, 3.63) is 23.8 Å². The van der Waals surface area contributed by atoms with E-state index < -0.39 is 0 Å². The molecule has 5 heteroatoms. The van der Waals surface area contributed by atoms with Gasteiger partial charge in [-0.2, -0.15) is 0 Å². The molecule has 0 radical (unpaired) electrons. The van der Waals surface area contributed by atoms with Crippen LogP contribution in [0.3, 0.4) is 0 Å². The molecule has 1 aliphatic heterocycles. The Labute approximate surface area is 126 Å². The summed E-state index contributed by atoms with van der Waals surface area (Å²) in [6.07, 6.45) is 3.15. The minimum absolute atomic E-state index is 0.543. The molecule has 0 amide bonds. The summed E-state index contributed by atoms with van der Waals surface area (Å²) in [7, 11) is 3.34. The van der Waals surface area contributed by atoms with Crippen LogP contribution in [0.15, 0.2) is 23.2 Å². The van der Waals surface area contributed by atoms with Crippen molar-refractivity contribution in [3.63, 3.8) is 0 Å². The van der Waals surface area contributed by atoms with Gasteiger partial charge in [0.2, 0.25) is 0 Å². The molecule has 1 atom stereocenters. The van der Waals surface area contributed by atoms with E-state index >= 15 is 0 Å². The first-order valence-electron chi connectivity index (χ1n) is 7.52. The van der Waals surface area contributed by atoms with Crippen LogP contribution in [0.5, 0.6) is 11.5 Å². The van der Waals surface area contributed by atoms with E-state index in [2.05, 4.69) is 22.5 Å². The first kappa shape index (κ1) is 15.5. The van der Waals surface area contributed by atoms with Gasteiger partial charge in [0, 0.05) is 25.2 Å². The van der Waals surface area contributed by atoms with Crippen LogP contribution in [0.2, 0.25) is 0 Å². The molecular formula is C16H25N3O2. The summed E-state index contributed by atoms with van der Waals surface area (Å²) in [5.41, 5.74) is 1.18. The average Bonchev–Trinajstić information content (AvgIpc) is 2.54. The first-order valence-corrected chi connectivity index (χ1v) is 7.52. The van der Waals surface area contributed by atoms with Gasteiger partial charge in [0.15, 0.2) is 5.96 Å². The molecule has 21 heavy (non-hydrogen) atoms. The number of ether oxygens (including phenoxy) is 2. The van der Waals surface area contributed by atoms with Gasteiger partial charge in [-0.1, -0.05) is 6.92 Å². The van der Waals surface area contributed by atoms with Crippen LogP contribution in [-0.4, -0.2) is 39.3 Å². The molecule has 1 heterocycles. The van der Waals surface area contributed by atoms with Crippen LogP contribution in [0.1, 0.15) is 25.3 Å². The van der Waals surface area contributed by atoms with Crippen LogP contribution >= 0.6 is 0 Å². The van der Waals surface area contributed by atoms with Gasteiger partial charge in [-0.15, -0.1) is 0 Å². The normalized spacial score (nSPS) is 17.7. The van der Waals surface area contributed by atoms with Crippen molar-refractivity contribution >= 4 is 5.96 Å². The molecule has 1 aromatic carbocycles. The largest absolute Gasteiger partial charge is 0.497 e. The highest BCUT2D eigenvalue weighted by molar-refractivity contribution is 5.80. The molecule has 0 bridgehead atoms. The van der Waals surface area contributed by atoms with E-state index in [-0.39, 0.29) is 0 Å². The predicted molar refractivity (Wildman–Crippen MR) is 85.4 cm³/mol. The van der Waals surface area contributed by atoms with E-state index in [0.717, 1.165) is 49.8 Å². The maximum absolute atomic E-state index is 5.29. The number of hydrogen-bond donors (Lipinski definition) is 2. The SMILES string of the molecule is CCC1CCN=C(NCCc2cc(OC)cc(OC)c2)N1. The summed E-state index contributed by atoms with van der Waals surface area (Å²) in [5.74, 6) is 2.56. The third-order valence-electron chi connectivity index (χ3n) is 3.70. The number of benzene rings is 1. The second kappa shape index (κ2) is 7.76. The number of methoxy groups -OCH3 is 2. The van der Waals surface area contributed by atoms with Gasteiger partial charge in [-0.25, -0.2) is 0 Å². The fourth-order valence-electron chi connectivity index (χ4n) is 2.39. The highest BCUT2D eigenvalue weighted by Gasteiger charge is 2.12. The van der Waals surface area contributed by atoms with Crippen LogP contribution in [0.25, 0.3) is 0 Å². The zero-order valence-corrected chi connectivity index (χ0v) is 13.1. The second-order valence-electron chi connectivity index (χ2n) is 5.17. The van der Waals surface area contributed by atoms with Crippen LogP contribution in [0, 0.1) is 0 Å². The van der Waals surface area contributed by atoms with Crippen molar-refractivity contribution in [2.24, 2.45) is 4.99 Å². The third-order valence-corrected chi connectivity index (χ3v) is 3.70. The highest BCUT2D eigenvalue weighted by atomic mass is 16.5. The number of nitrogens with zero attached hydrogens (tertiary/aromatic N) is 1. The molecular weight excluding hydrogens is 266 g/mol. The van der Waals surface area contributed by atoms with E-state index in [1.807, 2.05) is 18.2 Å². The highest BCUT2D eigenvalue weighted by Crippen LogP contribution is 2.22. The van der Waals surface area contributed by atoms with Crippen molar-refractivity contribution in [2.75, 3.05) is 27.3 Å². The second-order valence-corrected chi connectivity index (χ2v) is 5.17. The van der Waals surface area contributed by atoms with Crippen molar-refractivity contribution in [1.29, 1.82) is 0 Å². The Kier molecular flexibility index (Phi) is 5.72. The molecule has 116 valence electrons. The molecule has 0 spiro atoms. The lowest BCUT2D eigenvalue weighted by Crippen LogP contribution is -2.46. The summed E-state index contributed by atoms with van der Waals surface area (Å²) >= 11 is 0. The van der Waals surface area contributed by atoms with Gasteiger partial charge in [0.25, 0.3) is 0 Å². The van der Waals surface area contributed by atoms with Crippen LogP contribution in [-0.2, 0) is 6.42 Å². The smallest absolute Gasteiger partial charge is 0.191 e. The maximum atomic E-state index is 5.29. The zero-order valence-electron chi connectivity index (χ0n) is 13.1. The van der Waals surface area contributed by atoms with Gasteiger partial charge in [0.1, 0.15) is 11.5 Å². The fourth-order valence-corrected chi connectivity index (χ4v) is 2.39. The Morgan fingerprint density at radius 3 is 2.57 bits per heavy atom. The number of aliphatic imine (C=N–C) groups is 1. The lowest BCUT2D eigenvalue weighted by Gasteiger charge is -2.24. The summed E-state index contributed by atoms with van der Waals surface area (Å²) < 4.78 is 10.6. The van der Waals surface area contributed by atoms with E-state index in [9.17, 15) is 0 Å². The van der Waals surface area contributed by atoms with Gasteiger partial charge in [0.05, 0.1) is 14.2 Å². The van der Waals surface area contributed by atoms with Crippen molar-refractivity contribution in [1.82, 2.24) is 10.6 Å². The quantitative estimate of drug-likeness (QED) is 0.841. The monoisotopic (exact) mass is 291 g/mol. The van der Waals surface area contributed by atoms with Gasteiger partial charge in [-0.3, -0.25) is 4.99 Å². The molecule has 0 aromatic heterocycles. The van der Waals surface area contributed by atoms with Gasteiger partial charge in [-0.05, 0) is 37.0 Å². The van der Waals surface area contributed by atoms with E-state index in [0.29, 0.717) is 6.04 Å². The molecule has 1 unspecified atom stereocenters. The van der Waals surface area contributed by atoms with Crippen molar-refractivity contribution < 1.29 is 9.47 Å². The van der Waals surface area contributed by atoms with E-state index in [1.165, 1.54) is 5.56 Å². The molecule has 0 fully saturated rings. The molecule has 2 rings (SSSR count). The molecule has 0 saturated heterocycles. The van der Waals surface area contributed by atoms with Gasteiger partial charge >= 0.3 is 0 Å². The summed E-state index contributed by atoms with van der Waals surface area (Å²) in [6, 6.07) is 6.50. The predicted octanol–water partition coefficient (Wildman–Crippen LogP) is 1.96. The lowest BCUT2D eigenvalue weighted by molar-refractivity contribution is 0.393. The first-order chi connectivity index (χ1) is 10.2. The molecule has 5 nitrogen and oxygen atoms in total. The van der Waals surface area contributed by atoms with Crippen LogP contribution in [0.4, 0.5) is 0 Å². The van der Waals surface area contributed by atoms with Crippen LogP contribution < -0.4 is 20.1 Å². The molecule has 0 saturated carbocycles. The number of rotatable bonds is 6. The Morgan fingerprint density at radius 1 is 1.24 bits per heavy atom. The van der Waals surface area contributed by atoms with Crippen molar-refractivity contribution in [2.45, 2.75) is 32.2 Å². The number of guanidine groups is 1. The van der Waals surface area contributed by atoms with E-state index in [4.69, 9.17) is 9.47 Å². The molecule has 1 aromatic rings.